The molecule has 2 aliphatic rings. The molecule has 0 radical (unpaired) electrons. The smallest absolute Gasteiger partial charge is 0.404 e. The first kappa shape index (κ1) is 21.8. The molecule has 3 N–H and O–H groups in total. The normalized spacial score (nSPS) is 32.6. The van der Waals surface area contributed by atoms with Gasteiger partial charge >= 0.3 is 13.5 Å². The number of aliphatic hydroxyl groups excluding tert-OH is 1. The third kappa shape index (κ3) is 3.83. The molecule has 1 aromatic heterocycles. The van der Waals surface area contributed by atoms with E-state index in [0.29, 0.717) is 10.1 Å². The first-order valence-electron chi connectivity index (χ1n) is 8.94. The van der Waals surface area contributed by atoms with Crippen molar-refractivity contribution in [3.05, 3.63) is 52.6 Å². The number of fused-ring (bicyclic) bond motifs is 1. The number of nitrogens with zero attached hydrogens (tertiary/aromatic N) is 2. The molecular formula is C17H17F3N3O7P. The predicted octanol–water partition coefficient (Wildman–Crippen LogP) is 1.79. The number of phosphoric ester groups is 1. The van der Waals surface area contributed by atoms with E-state index in [1.807, 2.05) is 0 Å². The molecule has 1 saturated heterocycles. The van der Waals surface area contributed by atoms with Gasteiger partial charge in [0.15, 0.2) is 18.0 Å². The monoisotopic (exact) mass is 463 g/mol. The Balaban J connectivity index is 1.58. The Morgan fingerprint density at radius 3 is 2.84 bits per heavy atom. The van der Waals surface area contributed by atoms with Crippen LogP contribution >= 0.6 is 7.82 Å². The summed E-state index contributed by atoms with van der Waals surface area (Å²) in [4.78, 5) is 15.4. The van der Waals surface area contributed by atoms with Crippen molar-refractivity contribution in [2.75, 3.05) is 12.3 Å². The van der Waals surface area contributed by atoms with Crippen LogP contribution in [0.25, 0.3) is 0 Å². The van der Waals surface area contributed by atoms with Crippen LogP contribution in [0.15, 0.2) is 41.3 Å². The van der Waals surface area contributed by atoms with Crippen molar-refractivity contribution in [1.82, 2.24) is 9.55 Å². The molecule has 2 aromatic rings. The van der Waals surface area contributed by atoms with Gasteiger partial charge in [0, 0.05) is 11.8 Å². The number of aromatic nitrogens is 2. The second kappa shape index (κ2) is 7.92. The van der Waals surface area contributed by atoms with E-state index in [1.54, 1.807) is 18.2 Å². The van der Waals surface area contributed by atoms with Gasteiger partial charge < -0.3 is 20.1 Å². The lowest BCUT2D eigenvalue weighted by Gasteiger charge is -2.32. The quantitative estimate of drug-likeness (QED) is 0.637. The Morgan fingerprint density at radius 2 is 2.13 bits per heavy atom. The third-order valence-corrected chi connectivity index (χ3v) is 6.21. The molecule has 0 aliphatic carbocycles. The van der Waals surface area contributed by atoms with Crippen LogP contribution in [-0.4, -0.2) is 45.6 Å². The fourth-order valence-electron chi connectivity index (χ4n) is 3.23. The van der Waals surface area contributed by atoms with Crippen LogP contribution in [0.1, 0.15) is 11.8 Å². The zero-order chi connectivity index (χ0) is 22.4. The van der Waals surface area contributed by atoms with Crippen molar-refractivity contribution in [2.45, 2.75) is 37.1 Å². The van der Waals surface area contributed by atoms with Crippen LogP contribution in [0.3, 0.4) is 0 Å². The minimum atomic E-state index is -4.39. The van der Waals surface area contributed by atoms with Crippen molar-refractivity contribution in [1.29, 1.82) is 0 Å². The molecule has 1 aromatic carbocycles. The number of aliphatic hydroxyl groups is 1. The third-order valence-electron chi connectivity index (χ3n) is 4.90. The fourth-order valence-corrected chi connectivity index (χ4v) is 4.49. The van der Waals surface area contributed by atoms with Crippen LogP contribution in [0.5, 0.6) is 5.75 Å². The lowest BCUT2D eigenvalue weighted by molar-refractivity contribution is -0.184. The number of halogens is 3. The van der Waals surface area contributed by atoms with Crippen LogP contribution in [0.2, 0.25) is 0 Å². The lowest BCUT2D eigenvalue weighted by Crippen LogP contribution is -2.50. The lowest BCUT2D eigenvalue weighted by atomic mass is 9.98. The van der Waals surface area contributed by atoms with Gasteiger partial charge in [-0.05, 0) is 12.1 Å². The summed E-state index contributed by atoms with van der Waals surface area (Å²) in [6.07, 6.45) is -9.28. The maximum atomic E-state index is 14.9. The molecule has 168 valence electrons. The molecule has 1 unspecified atom stereocenters. The number of benzene rings is 1. The van der Waals surface area contributed by atoms with Gasteiger partial charge in [0.25, 0.3) is 6.43 Å². The van der Waals surface area contributed by atoms with Crippen LogP contribution in [-0.2, 0) is 25.0 Å². The van der Waals surface area contributed by atoms with Crippen molar-refractivity contribution in [3.8, 4) is 5.75 Å². The van der Waals surface area contributed by atoms with E-state index in [2.05, 4.69) is 4.98 Å². The van der Waals surface area contributed by atoms with Gasteiger partial charge in [0.05, 0.1) is 13.2 Å². The van der Waals surface area contributed by atoms with E-state index in [0.717, 1.165) is 12.3 Å². The van der Waals surface area contributed by atoms with E-state index < -0.39 is 50.6 Å². The highest BCUT2D eigenvalue weighted by Gasteiger charge is 2.63. The Labute approximate surface area is 172 Å². The number of alkyl halides is 3. The topological polar surface area (TPSA) is 135 Å². The molecule has 0 spiro atoms. The van der Waals surface area contributed by atoms with E-state index in [1.165, 1.54) is 6.07 Å². The zero-order valence-electron chi connectivity index (χ0n) is 15.6. The number of ether oxygens (including phenoxy) is 1. The summed E-state index contributed by atoms with van der Waals surface area (Å²) in [5.74, 6) is -0.0105. The van der Waals surface area contributed by atoms with Gasteiger partial charge in [0.2, 0.25) is 0 Å². The summed E-state index contributed by atoms with van der Waals surface area (Å²) in [7, 11) is -4.39. The molecule has 31 heavy (non-hydrogen) atoms. The largest absolute Gasteiger partial charge is 0.530 e. The average molecular weight is 463 g/mol. The van der Waals surface area contributed by atoms with Crippen LogP contribution < -0.4 is 15.9 Å². The standard InChI is InChI=1S/C17H17F3N3O7P/c18-13-12(24)14(23-6-5-11(21)22-16(23)25)29-17(13,15(19)20)8-28-31(26)27-7-9-3-1-2-4-10(9)30-31/h1-6,12-15,24H,7-8H2,(H2,21,22,25)/t12-,13-,14-,17-,31?/m1/s1. The molecule has 5 atom stereocenters. The zero-order valence-corrected chi connectivity index (χ0v) is 16.5. The number of nitrogen functional groups attached to an aromatic ring is 1. The SMILES string of the molecule is Nc1ccn([C@@H]2O[C@@](COP3(=O)OCc4ccccc4O3)(C(F)F)[C@H](F)[C@H]2O)c(=O)n1. The minimum Gasteiger partial charge on any atom is -0.404 e. The summed E-state index contributed by atoms with van der Waals surface area (Å²) in [6, 6.07) is 7.52. The van der Waals surface area contributed by atoms with Crippen LogP contribution in [0.4, 0.5) is 19.0 Å². The van der Waals surface area contributed by atoms with E-state index in [-0.39, 0.29) is 18.2 Å². The number of anilines is 1. The van der Waals surface area contributed by atoms with Crippen LogP contribution in [0, 0.1) is 0 Å². The molecule has 0 saturated carbocycles. The summed E-state index contributed by atoms with van der Waals surface area (Å²) in [5, 5.41) is 10.2. The van der Waals surface area contributed by atoms with Gasteiger partial charge in [-0.2, -0.15) is 4.98 Å². The van der Waals surface area contributed by atoms with Crippen molar-refractivity contribution in [3.63, 3.8) is 0 Å². The predicted molar refractivity (Wildman–Crippen MR) is 98.1 cm³/mol. The van der Waals surface area contributed by atoms with E-state index >= 15 is 0 Å². The second-order valence-electron chi connectivity index (χ2n) is 6.89. The van der Waals surface area contributed by atoms with Gasteiger partial charge in [-0.3, -0.25) is 13.6 Å². The Hall–Kier alpha value is -2.44. The maximum absolute atomic E-state index is 14.9. The molecular weight excluding hydrogens is 446 g/mol. The summed E-state index contributed by atoms with van der Waals surface area (Å²) in [6.45, 7) is -1.48. The van der Waals surface area contributed by atoms with Crippen molar-refractivity contribution >= 4 is 13.6 Å². The van der Waals surface area contributed by atoms with Crippen molar-refractivity contribution < 1.29 is 41.2 Å². The first-order valence-corrected chi connectivity index (χ1v) is 10.4. The highest BCUT2D eigenvalue weighted by Crippen LogP contribution is 2.56. The second-order valence-corrected chi connectivity index (χ2v) is 8.49. The number of nitrogens with two attached hydrogens (primary N) is 1. The summed E-state index contributed by atoms with van der Waals surface area (Å²) >= 11 is 0. The molecule has 0 bridgehead atoms. The fraction of sp³-hybridized carbons (Fsp3) is 0.412. The summed E-state index contributed by atoms with van der Waals surface area (Å²) < 4.78 is 76.3. The highest BCUT2D eigenvalue weighted by atomic mass is 31.2. The number of hydrogen-bond donors (Lipinski definition) is 2. The molecule has 4 rings (SSSR count). The van der Waals surface area contributed by atoms with E-state index in [4.69, 9.17) is 24.0 Å². The van der Waals surface area contributed by atoms with E-state index in [9.17, 15) is 27.6 Å². The van der Waals surface area contributed by atoms with Gasteiger partial charge in [-0.15, -0.1) is 0 Å². The number of para-hydroxylation sites is 1. The Kier molecular flexibility index (Phi) is 5.56. The number of rotatable bonds is 5. The van der Waals surface area contributed by atoms with Gasteiger partial charge in [-0.25, -0.2) is 22.5 Å². The molecule has 0 amide bonds. The molecule has 14 heteroatoms. The number of phosphoric acid groups is 1. The molecule has 2 aliphatic heterocycles. The minimum absolute atomic E-state index is 0.157. The maximum Gasteiger partial charge on any atom is 0.530 e. The highest BCUT2D eigenvalue weighted by molar-refractivity contribution is 7.49. The van der Waals surface area contributed by atoms with Gasteiger partial charge in [-0.1, -0.05) is 18.2 Å². The summed E-state index contributed by atoms with van der Waals surface area (Å²) in [5.41, 5.74) is 1.80. The Bertz CT molecular complexity index is 1090. The Morgan fingerprint density at radius 1 is 1.39 bits per heavy atom. The van der Waals surface area contributed by atoms with Crippen molar-refractivity contribution in [2.24, 2.45) is 0 Å². The first-order chi connectivity index (χ1) is 14.7. The average Bonchev–Trinajstić information content (AvgIpc) is 2.98. The molecule has 1 fully saturated rings. The molecule has 10 nitrogen and oxygen atoms in total. The number of hydrogen-bond acceptors (Lipinski definition) is 9. The molecule has 3 heterocycles. The van der Waals surface area contributed by atoms with Gasteiger partial charge in [0.1, 0.15) is 17.7 Å².